The summed E-state index contributed by atoms with van der Waals surface area (Å²) in [7, 11) is 1.80. The molecule has 0 bridgehead atoms. The van der Waals surface area contributed by atoms with Gasteiger partial charge >= 0.3 is 0 Å². The second kappa shape index (κ2) is 5.80. The van der Waals surface area contributed by atoms with Gasteiger partial charge in [0.25, 0.3) is 0 Å². The van der Waals surface area contributed by atoms with Gasteiger partial charge in [-0.05, 0) is 45.4 Å². The van der Waals surface area contributed by atoms with Crippen LogP contribution in [0.15, 0.2) is 11.6 Å². The average molecular weight is 226 g/mol. The zero-order valence-electron chi connectivity index (χ0n) is 11.0. The van der Waals surface area contributed by atoms with Crippen molar-refractivity contribution < 1.29 is 4.74 Å². The molecule has 0 heterocycles. The third kappa shape index (κ3) is 3.06. The lowest BCUT2D eigenvalue weighted by atomic mass is 9.75. The van der Waals surface area contributed by atoms with Crippen LogP contribution in [0.5, 0.6) is 0 Å². The highest BCUT2D eigenvalue weighted by molar-refractivity contribution is 5.10. The van der Waals surface area contributed by atoms with Gasteiger partial charge in [-0.3, -0.25) is 11.3 Å². The molecular formula is C13H26N2O. The van der Waals surface area contributed by atoms with E-state index in [1.165, 1.54) is 18.4 Å². The van der Waals surface area contributed by atoms with Crippen LogP contribution < -0.4 is 11.3 Å². The summed E-state index contributed by atoms with van der Waals surface area (Å²) in [5.74, 6) is 6.49. The first-order valence-electron chi connectivity index (χ1n) is 6.20. The fourth-order valence-corrected chi connectivity index (χ4v) is 2.58. The van der Waals surface area contributed by atoms with Crippen LogP contribution >= 0.6 is 0 Å². The van der Waals surface area contributed by atoms with Crippen LogP contribution in [-0.2, 0) is 4.74 Å². The van der Waals surface area contributed by atoms with Crippen molar-refractivity contribution in [1.29, 1.82) is 0 Å². The Balaban J connectivity index is 2.81. The fourth-order valence-electron chi connectivity index (χ4n) is 2.58. The maximum absolute atomic E-state index is 5.79. The van der Waals surface area contributed by atoms with E-state index in [4.69, 9.17) is 10.6 Å². The minimum atomic E-state index is -0.113. The summed E-state index contributed by atoms with van der Waals surface area (Å²) in [4.78, 5) is 0. The topological polar surface area (TPSA) is 47.3 Å². The zero-order valence-corrected chi connectivity index (χ0v) is 11.0. The molecule has 3 nitrogen and oxygen atoms in total. The van der Waals surface area contributed by atoms with Gasteiger partial charge in [0, 0.05) is 7.11 Å². The van der Waals surface area contributed by atoms with Crippen molar-refractivity contribution in [3.63, 3.8) is 0 Å². The predicted molar refractivity (Wildman–Crippen MR) is 67.9 cm³/mol. The molecule has 1 saturated carbocycles. The van der Waals surface area contributed by atoms with Crippen molar-refractivity contribution in [2.24, 2.45) is 11.8 Å². The molecule has 1 rings (SSSR count). The summed E-state index contributed by atoms with van der Waals surface area (Å²) < 4.78 is 5.79. The van der Waals surface area contributed by atoms with Gasteiger partial charge in [0.1, 0.15) is 0 Å². The quantitative estimate of drug-likeness (QED) is 0.439. The van der Waals surface area contributed by atoms with Crippen LogP contribution in [0.1, 0.15) is 46.5 Å². The molecule has 0 aromatic heterocycles. The summed E-state index contributed by atoms with van der Waals surface area (Å²) in [6, 6.07) is 0.120. The Morgan fingerprint density at radius 1 is 1.44 bits per heavy atom. The lowest BCUT2D eigenvalue weighted by molar-refractivity contribution is -0.0639. The number of hydrogen-bond acceptors (Lipinski definition) is 3. The molecule has 1 aliphatic rings. The third-order valence-corrected chi connectivity index (χ3v) is 3.77. The number of allylic oxidation sites excluding steroid dienone is 1. The molecule has 16 heavy (non-hydrogen) atoms. The molecule has 1 fully saturated rings. The van der Waals surface area contributed by atoms with Crippen molar-refractivity contribution in [2.45, 2.75) is 58.1 Å². The molecule has 1 aliphatic carbocycles. The average Bonchev–Trinajstić information content (AvgIpc) is 2.27. The second-order valence-corrected chi connectivity index (χ2v) is 5.34. The van der Waals surface area contributed by atoms with Crippen LogP contribution in [0, 0.1) is 5.92 Å². The number of rotatable bonds is 4. The highest BCUT2D eigenvalue weighted by Gasteiger charge is 2.40. The van der Waals surface area contributed by atoms with Gasteiger partial charge < -0.3 is 4.74 Å². The molecule has 0 spiro atoms. The van der Waals surface area contributed by atoms with Crippen LogP contribution in [0.25, 0.3) is 0 Å². The summed E-state index contributed by atoms with van der Waals surface area (Å²) in [5.41, 5.74) is 4.07. The Kier molecular flexibility index (Phi) is 4.96. The zero-order chi connectivity index (χ0) is 12.2. The Labute approximate surface area is 99.4 Å². The first kappa shape index (κ1) is 13.7. The predicted octanol–water partition coefficient (Wildman–Crippen LogP) is 2.38. The Morgan fingerprint density at radius 2 is 2.00 bits per heavy atom. The lowest BCUT2D eigenvalue weighted by Crippen LogP contribution is -2.55. The highest BCUT2D eigenvalue weighted by atomic mass is 16.5. The maximum atomic E-state index is 5.79. The number of hydrazine groups is 1. The van der Waals surface area contributed by atoms with Crippen molar-refractivity contribution in [3.8, 4) is 0 Å². The first-order chi connectivity index (χ1) is 7.54. The van der Waals surface area contributed by atoms with E-state index in [1.807, 2.05) is 0 Å². The van der Waals surface area contributed by atoms with Gasteiger partial charge in [0.05, 0.1) is 11.6 Å². The van der Waals surface area contributed by atoms with Gasteiger partial charge in [-0.1, -0.05) is 18.6 Å². The van der Waals surface area contributed by atoms with E-state index >= 15 is 0 Å². The molecule has 0 aromatic carbocycles. The largest absolute Gasteiger partial charge is 0.376 e. The molecule has 3 N–H and O–H groups in total. The van der Waals surface area contributed by atoms with E-state index in [9.17, 15) is 0 Å². The van der Waals surface area contributed by atoms with Crippen LogP contribution in [0.4, 0.5) is 0 Å². The summed E-state index contributed by atoms with van der Waals surface area (Å²) in [5, 5.41) is 0. The molecule has 1 atom stereocenters. The van der Waals surface area contributed by atoms with E-state index in [-0.39, 0.29) is 11.6 Å². The van der Waals surface area contributed by atoms with Gasteiger partial charge in [-0.2, -0.15) is 0 Å². The summed E-state index contributed by atoms with van der Waals surface area (Å²) >= 11 is 0. The molecule has 94 valence electrons. The molecule has 0 saturated heterocycles. The van der Waals surface area contributed by atoms with E-state index < -0.39 is 0 Å². The van der Waals surface area contributed by atoms with E-state index in [1.54, 1.807) is 7.11 Å². The minimum absolute atomic E-state index is 0.113. The lowest BCUT2D eigenvalue weighted by Gasteiger charge is -2.42. The standard InChI is InChI=1S/C13H26N2O/c1-10(2)9-12(15-14)13(16-4)7-5-11(3)6-8-13/h9,11-12,15H,5-8,14H2,1-4H3. The van der Waals surface area contributed by atoms with Gasteiger partial charge in [-0.25, -0.2) is 0 Å². The number of nitrogens with two attached hydrogens (primary N) is 1. The molecule has 1 unspecified atom stereocenters. The highest BCUT2D eigenvalue weighted by Crippen LogP contribution is 2.37. The van der Waals surface area contributed by atoms with Crippen LogP contribution in [0.2, 0.25) is 0 Å². The van der Waals surface area contributed by atoms with Crippen molar-refractivity contribution in [1.82, 2.24) is 5.43 Å². The molecule has 0 aliphatic heterocycles. The van der Waals surface area contributed by atoms with Crippen molar-refractivity contribution >= 4 is 0 Å². The van der Waals surface area contributed by atoms with Gasteiger partial charge in [0.15, 0.2) is 0 Å². The Bertz CT molecular complexity index is 238. The third-order valence-electron chi connectivity index (χ3n) is 3.77. The van der Waals surface area contributed by atoms with Gasteiger partial charge in [-0.15, -0.1) is 0 Å². The molecule has 0 amide bonds. The molecule has 0 aromatic rings. The first-order valence-corrected chi connectivity index (χ1v) is 6.20. The number of hydrogen-bond donors (Lipinski definition) is 2. The normalized spacial score (nSPS) is 32.2. The number of methoxy groups -OCH3 is 1. The fraction of sp³-hybridized carbons (Fsp3) is 0.846. The smallest absolute Gasteiger partial charge is 0.0879 e. The minimum Gasteiger partial charge on any atom is -0.376 e. The molecule has 0 radical (unpaired) electrons. The second-order valence-electron chi connectivity index (χ2n) is 5.34. The van der Waals surface area contributed by atoms with Crippen LogP contribution in [-0.4, -0.2) is 18.8 Å². The van der Waals surface area contributed by atoms with Crippen LogP contribution in [0.3, 0.4) is 0 Å². The monoisotopic (exact) mass is 226 g/mol. The summed E-state index contributed by atoms with van der Waals surface area (Å²) in [6.45, 7) is 6.50. The SMILES string of the molecule is COC1(C(C=C(C)C)NN)CCC(C)CC1. The number of ether oxygens (including phenoxy) is 1. The summed E-state index contributed by atoms with van der Waals surface area (Å²) in [6.07, 6.45) is 6.80. The molecule has 3 heteroatoms. The number of nitrogens with one attached hydrogen (secondary N) is 1. The van der Waals surface area contributed by atoms with Gasteiger partial charge in [0.2, 0.25) is 0 Å². The van der Waals surface area contributed by atoms with Crippen molar-refractivity contribution in [2.75, 3.05) is 7.11 Å². The Morgan fingerprint density at radius 3 is 2.38 bits per heavy atom. The molecular weight excluding hydrogens is 200 g/mol. The van der Waals surface area contributed by atoms with E-state index in [2.05, 4.69) is 32.3 Å². The van der Waals surface area contributed by atoms with E-state index in [0.717, 1.165) is 18.8 Å². The Hall–Kier alpha value is -0.380. The maximum Gasteiger partial charge on any atom is 0.0879 e. The van der Waals surface area contributed by atoms with E-state index in [0.29, 0.717) is 0 Å². The van der Waals surface area contributed by atoms with Crippen molar-refractivity contribution in [3.05, 3.63) is 11.6 Å².